The van der Waals surface area contributed by atoms with Crippen LogP contribution in [0, 0.1) is 5.82 Å². The van der Waals surface area contributed by atoms with Gasteiger partial charge < -0.3 is 19.5 Å². The van der Waals surface area contributed by atoms with Gasteiger partial charge in [0, 0.05) is 12.6 Å². The van der Waals surface area contributed by atoms with E-state index in [1.54, 1.807) is 26.8 Å². The van der Waals surface area contributed by atoms with E-state index in [-0.39, 0.29) is 6.54 Å². The molecule has 1 aromatic carbocycles. The first-order valence-corrected chi connectivity index (χ1v) is 6.64. The lowest BCUT2D eigenvalue weighted by molar-refractivity contribution is 0.0528. The number of carbonyl (C=O) groups excluding carboxylic acids is 1. The van der Waals surface area contributed by atoms with Crippen molar-refractivity contribution >= 4 is 6.09 Å². The van der Waals surface area contributed by atoms with E-state index in [4.69, 9.17) is 14.2 Å². The van der Waals surface area contributed by atoms with Crippen LogP contribution in [0.5, 0.6) is 11.5 Å². The number of alkyl carbamates (subject to hydrolysis) is 1. The van der Waals surface area contributed by atoms with E-state index in [2.05, 4.69) is 5.32 Å². The minimum atomic E-state index is -0.557. The van der Waals surface area contributed by atoms with E-state index >= 15 is 0 Å². The molecule has 0 unspecified atom stereocenters. The second-order valence-corrected chi connectivity index (χ2v) is 5.48. The summed E-state index contributed by atoms with van der Waals surface area (Å²) in [6.45, 7) is 5.60. The van der Waals surface area contributed by atoms with Gasteiger partial charge in [0.25, 0.3) is 0 Å². The zero-order valence-corrected chi connectivity index (χ0v) is 13.1. The predicted molar refractivity (Wildman–Crippen MR) is 77.4 cm³/mol. The third-order valence-corrected chi connectivity index (χ3v) is 2.62. The maximum atomic E-state index is 13.9. The number of amides is 1. The summed E-state index contributed by atoms with van der Waals surface area (Å²) in [4.78, 5) is 11.5. The van der Waals surface area contributed by atoms with Gasteiger partial charge in [0.2, 0.25) is 0 Å². The Hall–Kier alpha value is -1.98. The average molecular weight is 299 g/mol. The number of benzene rings is 1. The van der Waals surface area contributed by atoms with Gasteiger partial charge in [0.1, 0.15) is 11.4 Å². The fourth-order valence-corrected chi connectivity index (χ4v) is 1.70. The van der Waals surface area contributed by atoms with E-state index in [1.165, 1.54) is 20.3 Å². The zero-order chi connectivity index (χ0) is 16.0. The molecule has 0 atom stereocenters. The first-order chi connectivity index (χ1) is 9.76. The van der Waals surface area contributed by atoms with Crippen LogP contribution < -0.4 is 14.8 Å². The molecule has 0 heterocycles. The minimum absolute atomic E-state index is 0.265. The minimum Gasteiger partial charge on any atom is -0.493 e. The molecule has 1 amide bonds. The fourth-order valence-electron chi connectivity index (χ4n) is 1.70. The number of hydrogen-bond acceptors (Lipinski definition) is 4. The molecule has 0 aromatic heterocycles. The second-order valence-electron chi connectivity index (χ2n) is 5.48. The Balaban J connectivity index is 2.62. The molecule has 0 radical (unpaired) electrons. The van der Waals surface area contributed by atoms with Gasteiger partial charge in [-0.2, -0.15) is 0 Å². The maximum Gasteiger partial charge on any atom is 0.407 e. The summed E-state index contributed by atoms with van der Waals surface area (Å²) in [7, 11) is 2.93. The molecular weight excluding hydrogens is 277 g/mol. The molecule has 0 aliphatic rings. The van der Waals surface area contributed by atoms with Gasteiger partial charge in [-0.15, -0.1) is 0 Å². The normalized spacial score (nSPS) is 11.0. The quantitative estimate of drug-likeness (QED) is 0.908. The molecule has 1 N–H and O–H groups in total. The second kappa shape index (κ2) is 7.15. The van der Waals surface area contributed by atoms with Gasteiger partial charge in [0.15, 0.2) is 11.5 Å². The summed E-state index contributed by atoms with van der Waals surface area (Å²) < 4.78 is 29.1. The number of halogens is 1. The SMILES string of the molecule is COc1cc(F)c(CCNC(=O)OC(C)(C)C)cc1OC. The Labute approximate surface area is 124 Å². The molecule has 21 heavy (non-hydrogen) atoms. The molecule has 5 nitrogen and oxygen atoms in total. The molecule has 0 saturated carbocycles. The van der Waals surface area contributed by atoms with E-state index < -0.39 is 17.5 Å². The highest BCUT2D eigenvalue weighted by atomic mass is 19.1. The molecule has 0 fully saturated rings. The smallest absolute Gasteiger partial charge is 0.407 e. The van der Waals surface area contributed by atoms with Crippen molar-refractivity contribution in [3.63, 3.8) is 0 Å². The molecule has 1 rings (SSSR count). The number of carbonyl (C=O) groups is 1. The fraction of sp³-hybridized carbons (Fsp3) is 0.533. The van der Waals surface area contributed by atoms with Crippen LogP contribution >= 0.6 is 0 Å². The van der Waals surface area contributed by atoms with Crippen molar-refractivity contribution < 1.29 is 23.4 Å². The standard InChI is InChI=1S/C15H22FNO4/c1-15(2,3)21-14(18)17-7-6-10-8-12(19-4)13(20-5)9-11(10)16/h8-9H,6-7H2,1-5H3,(H,17,18). The molecular formula is C15H22FNO4. The summed E-state index contributed by atoms with van der Waals surface area (Å²) in [5, 5.41) is 2.58. The van der Waals surface area contributed by atoms with Crippen LogP contribution in [0.2, 0.25) is 0 Å². The Morgan fingerprint density at radius 3 is 2.29 bits per heavy atom. The Kier molecular flexibility index (Phi) is 5.81. The van der Waals surface area contributed by atoms with Crippen molar-refractivity contribution in [2.75, 3.05) is 20.8 Å². The van der Waals surface area contributed by atoms with Crippen molar-refractivity contribution in [2.45, 2.75) is 32.8 Å². The topological polar surface area (TPSA) is 56.8 Å². The van der Waals surface area contributed by atoms with Crippen molar-refractivity contribution in [1.82, 2.24) is 5.32 Å². The van der Waals surface area contributed by atoms with Crippen LogP contribution in [-0.2, 0) is 11.2 Å². The van der Waals surface area contributed by atoms with E-state index in [0.29, 0.717) is 23.5 Å². The van der Waals surface area contributed by atoms with E-state index in [1.807, 2.05) is 0 Å². The van der Waals surface area contributed by atoms with Crippen LogP contribution in [0.3, 0.4) is 0 Å². The molecule has 0 spiro atoms. The molecule has 6 heteroatoms. The lowest BCUT2D eigenvalue weighted by atomic mass is 10.1. The Bertz CT molecular complexity index is 497. The summed E-state index contributed by atoms with van der Waals surface area (Å²) in [6.07, 6.45) is -0.200. The highest BCUT2D eigenvalue weighted by molar-refractivity contribution is 5.67. The van der Waals surface area contributed by atoms with Crippen molar-refractivity contribution in [3.8, 4) is 11.5 Å². The Morgan fingerprint density at radius 2 is 1.76 bits per heavy atom. The molecule has 0 aliphatic carbocycles. The van der Waals surface area contributed by atoms with Gasteiger partial charge >= 0.3 is 6.09 Å². The van der Waals surface area contributed by atoms with Crippen LogP contribution in [0.4, 0.5) is 9.18 Å². The number of rotatable bonds is 5. The van der Waals surface area contributed by atoms with Gasteiger partial charge in [0.05, 0.1) is 14.2 Å². The molecule has 0 bridgehead atoms. The summed E-state index contributed by atoms with van der Waals surface area (Å²) in [5.74, 6) is 0.378. The summed E-state index contributed by atoms with van der Waals surface area (Å²) in [6, 6.07) is 2.83. The average Bonchev–Trinajstić information content (AvgIpc) is 2.38. The van der Waals surface area contributed by atoms with Gasteiger partial charge in [-0.3, -0.25) is 0 Å². The van der Waals surface area contributed by atoms with Crippen LogP contribution in [-0.4, -0.2) is 32.5 Å². The zero-order valence-electron chi connectivity index (χ0n) is 13.1. The lowest BCUT2D eigenvalue weighted by Crippen LogP contribution is -2.33. The lowest BCUT2D eigenvalue weighted by Gasteiger charge is -2.19. The van der Waals surface area contributed by atoms with Gasteiger partial charge in [-0.05, 0) is 38.8 Å². The number of nitrogens with one attached hydrogen (secondary N) is 1. The molecule has 1 aromatic rings. The first-order valence-electron chi connectivity index (χ1n) is 6.64. The van der Waals surface area contributed by atoms with Crippen LogP contribution in [0.15, 0.2) is 12.1 Å². The van der Waals surface area contributed by atoms with Crippen molar-refractivity contribution in [1.29, 1.82) is 0 Å². The highest BCUT2D eigenvalue weighted by Crippen LogP contribution is 2.29. The van der Waals surface area contributed by atoms with Crippen molar-refractivity contribution in [3.05, 3.63) is 23.5 Å². The van der Waals surface area contributed by atoms with E-state index in [9.17, 15) is 9.18 Å². The van der Waals surface area contributed by atoms with Gasteiger partial charge in [-0.1, -0.05) is 0 Å². The van der Waals surface area contributed by atoms with Crippen molar-refractivity contribution in [2.24, 2.45) is 0 Å². The van der Waals surface area contributed by atoms with Crippen LogP contribution in [0.25, 0.3) is 0 Å². The largest absolute Gasteiger partial charge is 0.493 e. The molecule has 0 saturated heterocycles. The summed E-state index contributed by atoms with van der Waals surface area (Å²) in [5.41, 5.74) is -0.123. The third kappa shape index (κ3) is 5.49. The Morgan fingerprint density at radius 1 is 1.19 bits per heavy atom. The third-order valence-electron chi connectivity index (χ3n) is 2.62. The number of hydrogen-bond donors (Lipinski definition) is 1. The van der Waals surface area contributed by atoms with Gasteiger partial charge in [-0.25, -0.2) is 9.18 Å². The van der Waals surface area contributed by atoms with Crippen LogP contribution in [0.1, 0.15) is 26.3 Å². The first kappa shape index (κ1) is 17.1. The monoisotopic (exact) mass is 299 g/mol. The molecule has 118 valence electrons. The predicted octanol–water partition coefficient (Wildman–Crippen LogP) is 2.91. The maximum absolute atomic E-state index is 13.9. The summed E-state index contributed by atoms with van der Waals surface area (Å²) >= 11 is 0. The number of methoxy groups -OCH3 is 2. The van der Waals surface area contributed by atoms with E-state index in [0.717, 1.165) is 0 Å². The number of ether oxygens (including phenoxy) is 3. The molecule has 0 aliphatic heterocycles. The highest BCUT2D eigenvalue weighted by Gasteiger charge is 2.16.